The van der Waals surface area contributed by atoms with E-state index in [0.29, 0.717) is 0 Å². The van der Waals surface area contributed by atoms with E-state index >= 15 is 0 Å². The van der Waals surface area contributed by atoms with Crippen molar-refractivity contribution in [2.75, 3.05) is 5.32 Å². The number of halogens is 1. The van der Waals surface area contributed by atoms with Crippen LogP contribution in [0.25, 0.3) is 10.8 Å². The molecule has 4 nitrogen and oxygen atoms in total. The zero-order chi connectivity index (χ0) is 12.5. The van der Waals surface area contributed by atoms with Crippen molar-refractivity contribution in [3.63, 3.8) is 0 Å². The van der Waals surface area contributed by atoms with Crippen LogP contribution in [0.4, 0.5) is 11.5 Å². The standard InChI is InChI=1S/C13H11BrN4/c1-18-8-9(7-16-18)17-13-11-3-2-4-12(14)10(11)5-6-15-13/h2-8H,1H3,(H,15,17). The highest BCUT2D eigenvalue weighted by molar-refractivity contribution is 9.10. The van der Waals surface area contributed by atoms with Crippen LogP contribution in [0.1, 0.15) is 0 Å². The number of rotatable bonds is 2. The van der Waals surface area contributed by atoms with Crippen LogP contribution >= 0.6 is 15.9 Å². The molecule has 2 heterocycles. The molecule has 0 fully saturated rings. The van der Waals surface area contributed by atoms with Crippen LogP contribution in [0.2, 0.25) is 0 Å². The summed E-state index contributed by atoms with van der Waals surface area (Å²) in [4.78, 5) is 4.38. The first kappa shape index (κ1) is 11.2. The minimum absolute atomic E-state index is 0.835. The Bertz CT molecular complexity index is 705. The minimum atomic E-state index is 0.835. The van der Waals surface area contributed by atoms with E-state index in [-0.39, 0.29) is 0 Å². The zero-order valence-electron chi connectivity index (χ0n) is 9.76. The lowest BCUT2D eigenvalue weighted by Crippen LogP contribution is -1.93. The second-order valence-corrected chi connectivity index (χ2v) is 4.88. The van der Waals surface area contributed by atoms with Crippen LogP contribution < -0.4 is 5.32 Å². The van der Waals surface area contributed by atoms with Crippen molar-refractivity contribution in [1.82, 2.24) is 14.8 Å². The molecule has 0 radical (unpaired) electrons. The minimum Gasteiger partial charge on any atom is -0.337 e. The van der Waals surface area contributed by atoms with Crippen molar-refractivity contribution in [3.8, 4) is 0 Å². The summed E-state index contributed by atoms with van der Waals surface area (Å²) >= 11 is 3.55. The summed E-state index contributed by atoms with van der Waals surface area (Å²) in [7, 11) is 1.89. The lowest BCUT2D eigenvalue weighted by Gasteiger charge is -2.07. The molecule has 0 saturated carbocycles. The predicted octanol–water partition coefficient (Wildman–Crippen LogP) is 3.47. The molecule has 90 valence electrons. The van der Waals surface area contributed by atoms with Crippen LogP contribution in [0.15, 0.2) is 47.3 Å². The maximum atomic E-state index is 4.38. The molecule has 3 aromatic rings. The Morgan fingerprint density at radius 1 is 1.22 bits per heavy atom. The average Bonchev–Trinajstić information content (AvgIpc) is 2.76. The Hall–Kier alpha value is -1.88. The molecule has 0 aliphatic heterocycles. The SMILES string of the molecule is Cn1cc(Nc2nccc3c(Br)cccc23)cn1. The van der Waals surface area contributed by atoms with E-state index in [0.717, 1.165) is 26.8 Å². The molecule has 18 heavy (non-hydrogen) atoms. The van der Waals surface area contributed by atoms with Gasteiger partial charge in [0.05, 0.1) is 11.9 Å². The number of hydrogen-bond acceptors (Lipinski definition) is 3. The lowest BCUT2D eigenvalue weighted by molar-refractivity contribution is 0.768. The summed E-state index contributed by atoms with van der Waals surface area (Å²) in [5.74, 6) is 0.835. The van der Waals surface area contributed by atoms with Crippen molar-refractivity contribution < 1.29 is 0 Å². The quantitative estimate of drug-likeness (QED) is 0.788. The molecule has 0 bridgehead atoms. The van der Waals surface area contributed by atoms with Crippen LogP contribution in [-0.4, -0.2) is 14.8 Å². The van der Waals surface area contributed by atoms with Gasteiger partial charge in [0.15, 0.2) is 0 Å². The molecular formula is C13H11BrN4. The van der Waals surface area contributed by atoms with Gasteiger partial charge in [-0.3, -0.25) is 4.68 Å². The number of pyridine rings is 1. The highest BCUT2D eigenvalue weighted by Crippen LogP contribution is 2.29. The Morgan fingerprint density at radius 3 is 2.89 bits per heavy atom. The molecular weight excluding hydrogens is 292 g/mol. The summed E-state index contributed by atoms with van der Waals surface area (Å²) in [6.45, 7) is 0. The summed E-state index contributed by atoms with van der Waals surface area (Å²) in [5.41, 5.74) is 0.928. The molecule has 0 aliphatic rings. The maximum Gasteiger partial charge on any atom is 0.138 e. The molecule has 0 saturated heterocycles. The number of hydrogen-bond donors (Lipinski definition) is 1. The van der Waals surface area contributed by atoms with Crippen LogP contribution in [0, 0.1) is 0 Å². The Kier molecular flexibility index (Phi) is 2.76. The molecule has 1 aromatic carbocycles. The van der Waals surface area contributed by atoms with Gasteiger partial charge in [-0.15, -0.1) is 0 Å². The summed E-state index contributed by atoms with van der Waals surface area (Å²) in [6.07, 6.45) is 5.49. The normalized spacial score (nSPS) is 10.8. The average molecular weight is 303 g/mol. The zero-order valence-corrected chi connectivity index (χ0v) is 11.3. The number of anilines is 2. The van der Waals surface area contributed by atoms with Crippen LogP contribution in [0.5, 0.6) is 0 Å². The number of fused-ring (bicyclic) bond motifs is 1. The van der Waals surface area contributed by atoms with Gasteiger partial charge in [-0.25, -0.2) is 4.98 Å². The first-order valence-corrected chi connectivity index (χ1v) is 6.32. The van der Waals surface area contributed by atoms with Gasteiger partial charge in [0, 0.05) is 34.7 Å². The van der Waals surface area contributed by atoms with Crippen molar-refractivity contribution in [2.45, 2.75) is 0 Å². The summed E-state index contributed by atoms with van der Waals surface area (Å²) in [6, 6.07) is 8.07. The number of benzene rings is 1. The van der Waals surface area contributed by atoms with Gasteiger partial charge in [-0.1, -0.05) is 28.1 Å². The van der Waals surface area contributed by atoms with Gasteiger partial charge >= 0.3 is 0 Å². The maximum absolute atomic E-state index is 4.38. The highest BCUT2D eigenvalue weighted by atomic mass is 79.9. The molecule has 3 rings (SSSR count). The molecule has 0 unspecified atom stereocenters. The molecule has 0 spiro atoms. The number of aryl methyl sites for hydroxylation is 1. The molecule has 0 aliphatic carbocycles. The van der Waals surface area contributed by atoms with Gasteiger partial charge < -0.3 is 5.32 Å². The molecule has 5 heteroatoms. The number of nitrogens with one attached hydrogen (secondary N) is 1. The fourth-order valence-electron chi connectivity index (χ4n) is 1.89. The second kappa shape index (κ2) is 4.42. The topological polar surface area (TPSA) is 42.7 Å². The highest BCUT2D eigenvalue weighted by Gasteiger charge is 2.05. The van der Waals surface area contributed by atoms with Gasteiger partial charge in [-0.2, -0.15) is 5.10 Å². The van der Waals surface area contributed by atoms with Crippen LogP contribution in [-0.2, 0) is 7.05 Å². The number of aromatic nitrogens is 3. The third-order valence-corrected chi connectivity index (χ3v) is 3.41. The van der Waals surface area contributed by atoms with Crippen LogP contribution in [0.3, 0.4) is 0 Å². The smallest absolute Gasteiger partial charge is 0.138 e. The van der Waals surface area contributed by atoms with Crippen molar-refractivity contribution >= 4 is 38.2 Å². The Balaban J connectivity index is 2.09. The molecule has 0 amide bonds. The van der Waals surface area contributed by atoms with E-state index in [9.17, 15) is 0 Å². The fraction of sp³-hybridized carbons (Fsp3) is 0.0769. The van der Waals surface area contributed by atoms with Gasteiger partial charge in [0.1, 0.15) is 5.82 Å². The third-order valence-electron chi connectivity index (χ3n) is 2.72. The first-order valence-electron chi connectivity index (χ1n) is 5.53. The lowest BCUT2D eigenvalue weighted by atomic mass is 10.1. The predicted molar refractivity (Wildman–Crippen MR) is 75.9 cm³/mol. The van der Waals surface area contributed by atoms with E-state index in [1.54, 1.807) is 17.1 Å². The van der Waals surface area contributed by atoms with E-state index < -0.39 is 0 Å². The van der Waals surface area contributed by atoms with Crippen molar-refractivity contribution in [1.29, 1.82) is 0 Å². The Labute approximate surface area is 113 Å². The van der Waals surface area contributed by atoms with Gasteiger partial charge in [0.2, 0.25) is 0 Å². The largest absolute Gasteiger partial charge is 0.337 e. The van der Waals surface area contributed by atoms with E-state index in [1.165, 1.54) is 0 Å². The van der Waals surface area contributed by atoms with Gasteiger partial charge in [-0.05, 0) is 12.1 Å². The van der Waals surface area contributed by atoms with Crippen molar-refractivity contribution in [3.05, 3.63) is 47.3 Å². The first-order chi connectivity index (χ1) is 8.74. The summed E-state index contributed by atoms with van der Waals surface area (Å²) < 4.78 is 2.82. The molecule has 2 aromatic heterocycles. The number of nitrogens with zero attached hydrogens (tertiary/aromatic N) is 3. The van der Waals surface area contributed by atoms with Gasteiger partial charge in [0.25, 0.3) is 0 Å². The van der Waals surface area contributed by atoms with E-state index in [1.807, 2.05) is 37.5 Å². The Morgan fingerprint density at radius 2 is 2.11 bits per heavy atom. The monoisotopic (exact) mass is 302 g/mol. The fourth-order valence-corrected chi connectivity index (χ4v) is 2.39. The molecule has 1 N–H and O–H groups in total. The summed E-state index contributed by atoms with van der Waals surface area (Å²) in [5, 5.41) is 9.62. The van der Waals surface area contributed by atoms with Crippen molar-refractivity contribution in [2.24, 2.45) is 7.05 Å². The second-order valence-electron chi connectivity index (χ2n) is 4.02. The van der Waals surface area contributed by atoms with E-state index in [4.69, 9.17) is 0 Å². The molecule has 0 atom stereocenters. The van der Waals surface area contributed by atoms with E-state index in [2.05, 4.69) is 31.3 Å². The third kappa shape index (κ3) is 1.97.